The molecule has 0 fully saturated rings. The summed E-state index contributed by atoms with van der Waals surface area (Å²) in [5.41, 5.74) is 0.814. The van der Waals surface area contributed by atoms with Crippen molar-refractivity contribution >= 4 is 11.7 Å². The lowest BCUT2D eigenvalue weighted by Gasteiger charge is -2.03. The van der Waals surface area contributed by atoms with Crippen LogP contribution in [0.25, 0.3) is 0 Å². The highest BCUT2D eigenvalue weighted by Crippen LogP contribution is 2.24. The molecule has 0 aliphatic heterocycles. The van der Waals surface area contributed by atoms with Gasteiger partial charge in [-0.1, -0.05) is 11.8 Å². The average Bonchev–Trinajstić information content (AvgIpc) is 2.60. The van der Waals surface area contributed by atoms with E-state index >= 15 is 0 Å². The fourth-order valence-electron chi connectivity index (χ4n) is 1.86. The van der Waals surface area contributed by atoms with Crippen molar-refractivity contribution in [1.29, 1.82) is 0 Å². The second kappa shape index (κ2) is 7.74. The minimum atomic E-state index is -0.545. The molecule has 0 aliphatic rings. The molecule has 7 heteroatoms. The summed E-state index contributed by atoms with van der Waals surface area (Å²) in [6.45, 7) is 2.21. The van der Waals surface area contributed by atoms with Gasteiger partial charge in [-0.3, -0.25) is 10.1 Å². The summed E-state index contributed by atoms with van der Waals surface area (Å²) in [6, 6.07) is 7.56. The molecule has 24 heavy (non-hydrogen) atoms. The molecular weight excluding hydrogens is 312 g/mol. The van der Waals surface area contributed by atoms with Crippen LogP contribution < -0.4 is 4.74 Å². The quantitative estimate of drug-likeness (QED) is 0.371. The molecule has 1 heterocycles. The average molecular weight is 326 g/mol. The van der Waals surface area contributed by atoms with Crippen LogP contribution in [0, 0.1) is 22.0 Å². The number of ether oxygens (including phenoxy) is 2. The Morgan fingerprint density at radius 3 is 2.67 bits per heavy atom. The van der Waals surface area contributed by atoms with Crippen molar-refractivity contribution in [3.05, 3.63) is 63.5 Å². The van der Waals surface area contributed by atoms with Gasteiger partial charge in [0.25, 0.3) is 5.69 Å². The molecule has 0 bridgehead atoms. The first-order chi connectivity index (χ1) is 11.5. The zero-order valence-electron chi connectivity index (χ0n) is 13.1. The van der Waals surface area contributed by atoms with Crippen molar-refractivity contribution in [1.82, 2.24) is 4.98 Å². The summed E-state index contributed by atoms with van der Waals surface area (Å²) in [5, 5.41) is 11.2. The van der Waals surface area contributed by atoms with Crippen molar-refractivity contribution in [2.45, 2.75) is 6.92 Å². The van der Waals surface area contributed by atoms with E-state index in [1.165, 1.54) is 31.5 Å². The standard InChI is InChI=1S/C17H14N2O5/c1-3-24-14-8-7-13(16(10-14)19(21)22)6-4-12-5-9-15(18-11-12)17(20)23-2/h5,7-11H,3H2,1-2H3. The predicted molar refractivity (Wildman–Crippen MR) is 85.8 cm³/mol. The zero-order valence-corrected chi connectivity index (χ0v) is 13.1. The summed E-state index contributed by atoms with van der Waals surface area (Å²) in [7, 11) is 1.27. The molecule has 0 N–H and O–H groups in total. The number of aromatic nitrogens is 1. The van der Waals surface area contributed by atoms with E-state index in [1.807, 2.05) is 0 Å². The normalized spacial score (nSPS) is 9.58. The van der Waals surface area contributed by atoms with Gasteiger partial charge >= 0.3 is 5.97 Å². The van der Waals surface area contributed by atoms with Crippen LogP contribution in [0.4, 0.5) is 5.69 Å². The third kappa shape index (κ3) is 4.08. The van der Waals surface area contributed by atoms with Gasteiger partial charge in [0, 0.05) is 11.8 Å². The van der Waals surface area contributed by atoms with Crippen molar-refractivity contribution in [2.24, 2.45) is 0 Å². The van der Waals surface area contributed by atoms with Gasteiger partial charge in [0.1, 0.15) is 17.0 Å². The van der Waals surface area contributed by atoms with Gasteiger partial charge in [0.15, 0.2) is 0 Å². The van der Waals surface area contributed by atoms with Crippen LogP contribution in [-0.2, 0) is 4.74 Å². The lowest BCUT2D eigenvalue weighted by atomic mass is 10.1. The van der Waals surface area contributed by atoms with Crippen LogP contribution in [-0.4, -0.2) is 29.6 Å². The van der Waals surface area contributed by atoms with E-state index in [9.17, 15) is 14.9 Å². The van der Waals surface area contributed by atoms with Gasteiger partial charge in [-0.15, -0.1) is 0 Å². The third-order valence-corrected chi connectivity index (χ3v) is 2.98. The van der Waals surface area contributed by atoms with E-state index in [1.54, 1.807) is 19.1 Å². The molecule has 1 aromatic heterocycles. The summed E-state index contributed by atoms with van der Waals surface area (Å²) in [6.07, 6.45) is 1.40. The Labute approximate surface area is 138 Å². The van der Waals surface area contributed by atoms with E-state index in [0.717, 1.165) is 0 Å². The first kappa shape index (κ1) is 17.0. The minimum absolute atomic E-state index is 0.132. The van der Waals surface area contributed by atoms with Gasteiger partial charge < -0.3 is 9.47 Å². The highest BCUT2D eigenvalue weighted by Gasteiger charge is 2.13. The van der Waals surface area contributed by atoms with Gasteiger partial charge in [-0.25, -0.2) is 9.78 Å². The second-order valence-corrected chi connectivity index (χ2v) is 4.54. The van der Waals surface area contributed by atoms with Crippen molar-refractivity contribution in [3.63, 3.8) is 0 Å². The number of benzene rings is 1. The number of methoxy groups -OCH3 is 1. The third-order valence-electron chi connectivity index (χ3n) is 2.98. The van der Waals surface area contributed by atoms with E-state index < -0.39 is 10.9 Å². The maximum absolute atomic E-state index is 11.3. The van der Waals surface area contributed by atoms with E-state index in [2.05, 4.69) is 21.6 Å². The molecule has 0 atom stereocenters. The molecule has 0 amide bonds. The maximum atomic E-state index is 11.3. The first-order valence-corrected chi connectivity index (χ1v) is 7.02. The zero-order chi connectivity index (χ0) is 17.5. The number of rotatable bonds is 4. The number of carbonyl (C=O) groups is 1. The lowest BCUT2D eigenvalue weighted by Crippen LogP contribution is -2.03. The van der Waals surface area contributed by atoms with Crippen molar-refractivity contribution in [2.75, 3.05) is 13.7 Å². The van der Waals surface area contributed by atoms with E-state index in [0.29, 0.717) is 17.9 Å². The predicted octanol–water partition coefficient (Wildman–Crippen LogP) is 2.57. The Balaban J connectivity index is 2.30. The molecule has 0 saturated heterocycles. The van der Waals surface area contributed by atoms with Crippen molar-refractivity contribution < 1.29 is 19.2 Å². The monoisotopic (exact) mass is 326 g/mol. The number of pyridine rings is 1. The molecule has 0 unspecified atom stereocenters. The summed E-state index contributed by atoms with van der Waals surface area (Å²) >= 11 is 0. The van der Waals surface area contributed by atoms with Gasteiger partial charge in [0.2, 0.25) is 0 Å². The smallest absolute Gasteiger partial charge is 0.356 e. The lowest BCUT2D eigenvalue weighted by molar-refractivity contribution is -0.385. The van der Waals surface area contributed by atoms with Crippen LogP contribution in [0.5, 0.6) is 5.75 Å². The van der Waals surface area contributed by atoms with Crippen molar-refractivity contribution in [3.8, 4) is 17.6 Å². The summed E-state index contributed by atoms with van der Waals surface area (Å²) < 4.78 is 9.81. The van der Waals surface area contributed by atoms with Crippen LogP contribution in [0.3, 0.4) is 0 Å². The van der Waals surface area contributed by atoms with E-state index in [-0.39, 0.29) is 16.9 Å². The molecule has 0 aliphatic carbocycles. The highest BCUT2D eigenvalue weighted by molar-refractivity contribution is 5.87. The fourth-order valence-corrected chi connectivity index (χ4v) is 1.86. The Bertz CT molecular complexity index is 819. The van der Waals surface area contributed by atoms with Gasteiger partial charge in [-0.05, 0) is 31.2 Å². The molecule has 0 spiro atoms. The summed E-state index contributed by atoms with van der Waals surface area (Å²) in [4.78, 5) is 25.9. The number of esters is 1. The Morgan fingerprint density at radius 2 is 2.08 bits per heavy atom. The molecule has 2 aromatic rings. The first-order valence-electron chi connectivity index (χ1n) is 7.02. The van der Waals surface area contributed by atoms with Crippen LogP contribution in [0.15, 0.2) is 36.5 Å². The number of hydrogen-bond donors (Lipinski definition) is 0. The highest BCUT2D eigenvalue weighted by atomic mass is 16.6. The fraction of sp³-hybridized carbons (Fsp3) is 0.176. The molecule has 2 rings (SSSR count). The van der Waals surface area contributed by atoms with Gasteiger partial charge in [-0.2, -0.15) is 0 Å². The Hall–Kier alpha value is -3.40. The minimum Gasteiger partial charge on any atom is -0.494 e. The molecule has 1 aromatic carbocycles. The number of carbonyl (C=O) groups excluding carboxylic acids is 1. The number of nitro benzene ring substituents is 1. The largest absolute Gasteiger partial charge is 0.494 e. The second-order valence-electron chi connectivity index (χ2n) is 4.54. The molecule has 7 nitrogen and oxygen atoms in total. The number of nitrogens with zero attached hydrogens (tertiary/aromatic N) is 2. The molecular formula is C17H14N2O5. The van der Waals surface area contributed by atoms with Crippen LogP contribution >= 0.6 is 0 Å². The van der Waals surface area contributed by atoms with Crippen LogP contribution in [0.1, 0.15) is 28.5 Å². The van der Waals surface area contributed by atoms with Gasteiger partial charge in [0.05, 0.1) is 24.7 Å². The molecule has 0 saturated carbocycles. The number of hydrogen-bond acceptors (Lipinski definition) is 6. The Morgan fingerprint density at radius 1 is 1.29 bits per heavy atom. The molecule has 122 valence electrons. The molecule has 0 radical (unpaired) electrons. The summed E-state index contributed by atoms with van der Waals surface area (Å²) in [5.74, 6) is 5.39. The van der Waals surface area contributed by atoms with E-state index in [4.69, 9.17) is 4.74 Å². The number of nitro groups is 1. The Kier molecular flexibility index (Phi) is 5.47. The topological polar surface area (TPSA) is 91.6 Å². The SMILES string of the molecule is CCOc1ccc(C#Cc2ccc(C(=O)OC)nc2)c([N+](=O)[O-])c1. The van der Waals surface area contributed by atoms with Crippen LogP contribution in [0.2, 0.25) is 0 Å². The maximum Gasteiger partial charge on any atom is 0.356 e.